The lowest BCUT2D eigenvalue weighted by atomic mass is 10.1. The smallest absolute Gasteiger partial charge is 0.307 e. The highest BCUT2D eigenvalue weighted by Gasteiger charge is 2.09. The third kappa shape index (κ3) is 4.32. The first kappa shape index (κ1) is 16.5. The van der Waals surface area contributed by atoms with E-state index in [0.29, 0.717) is 22.1 Å². The summed E-state index contributed by atoms with van der Waals surface area (Å²) in [6, 6.07) is 10.9. The van der Waals surface area contributed by atoms with E-state index >= 15 is 0 Å². The summed E-state index contributed by atoms with van der Waals surface area (Å²) in [5.74, 6) is 0.482. The molecular weight excluding hydrogens is 324 g/mol. The SMILES string of the molecule is COc1cc(OC)cc(Sc2ccc(Cl)c(CC(=O)O)c2)c1. The van der Waals surface area contributed by atoms with E-state index in [1.165, 1.54) is 11.8 Å². The van der Waals surface area contributed by atoms with Gasteiger partial charge in [-0.2, -0.15) is 0 Å². The maximum atomic E-state index is 10.9. The number of aliphatic carboxylic acids is 1. The van der Waals surface area contributed by atoms with Crippen molar-refractivity contribution in [3.05, 3.63) is 47.0 Å². The summed E-state index contributed by atoms with van der Waals surface area (Å²) in [6.07, 6.45) is -0.103. The fourth-order valence-corrected chi connectivity index (χ4v) is 3.03. The van der Waals surface area contributed by atoms with Gasteiger partial charge >= 0.3 is 5.97 Å². The van der Waals surface area contributed by atoms with Crippen molar-refractivity contribution >= 4 is 29.3 Å². The summed E-state index contributed by atoms with van der Waals surface area (Å²) in [4.78, 5) is 12.7. The molecule has 0 atom stereocenters. The van der Waals surface area contributed by atoms with E-state index in [9.17, 15) is 4.79 Å². The van der Waals surface area contributed by atoms with Crippen LogP contribution in [0.5, 0.6) is 11.5 Å². The largest absolute Gasteiger partial charge is 0.497 e. The lowest BCUT2D eigenvalue weighted by Crippen LogP contribution is -2.00. The van der Waals surface area contributed by atoms with Crippen LogP contribution < -0.4 is 9.47 Å². The van der Waals surface area contributed by atoms with Crippen molar-refractivity contribution in [2.45, 2.75) is 16.2 Å². The maximum absolute atomic E-state index is 10.9. The van der Waals surface area contributed by atoms with Crippen LogP contribution in [-0.2, 0) is 11.2 Å². The molecule has 0 radical (unpaired) electrons. The Hall–Kier alpha value is -1.85. The van der Waals surface area contributed by atoms with Gasteiger partial charge in [-0.15, -0.1) is 0 Å². The first-order chi connectivity index (χ1) is 10.5. The molecule has 4 nitrogen and oxygen atoms in total. The Labute approximate surface area is 138 Å². The van der Waals surface area contributed by atoms with Gasteiger partial charge in [-0.25, -0.2) is 0 Å². The summed E-state index contributed by atoms with van der Waals surface area (Å²) >= 11 is 7.51. The molecule has 2 aromatic rings. The summed E-state index contributed by atoms with van der Waals surface area (Å²) in [7, 11) is 3.19. The van der Waals surface area contributed by atoms with Crippen molar-refractivity contribution in [1.29, 1.82) is 0 Å². The minimum absolute atomic E-state index is 0.103. The standard InChI is InChI=1S/C16H15ClO4S/c1-20-11-7-12(21-2)9-14(8-11)22-13-3-4-15(17)10(5-13)6-16(18)19/h3-5,7-9H,6H2,1-2H3,(H,18,19). The molecule has 116 valence electrons. The average molecular weight is 339 g/mol. The highest BCUT2D eigenvalue weighted by Crippen LogP contribution is 2.35. The normalized spacial score (nSPS) is 10.3. The molecule has 0 saturated carbocycles. The monoisotopic (exact) mass is 338 g/mol. The highest BCUT2D eigenvalue weighted by molar-refractivity contribution is 7.99. The minimum atomic E-state index is -0.910. The van der Waals surface area contributed by atoms with Gasteiger partial charge < -0.3 is 14.6 Å². The molecule has 0 spiro atoms. The second-order valence-electron chi connectivity index (χ2n) is 4.47. The number of carbonyl (C=O) groups is 1. The summed E-state index contributed by atoms with van der Waals surface area (Å²) in [5, 5.41) is 9.36. The number of methoxy groups -OCH3 is 2. The molecule has 2 aromatic carbocycles. The van der Waals surface area contributed by atoms with Gasteiger partial charge in [-0.05, 0) is 35.9 Å². The molecule has 0 amide bonds. The van der Waals surface area contributed by atoms with Crippen LogP contribution in [-0.4, -0.2) is 25.3 Å². The van der Waals surface area contributed by atoms with Gasteiger partial charge in [-0.3, -0.25) is 4.79 Å². The van der Waals surface area contributed by atoms with E-state index in [1.54, 1.807) is 32.4 Å². The van der Waals surface area contributed by atoms with Crippen molar-refractivity contribution in [2.24, 2.45) is 0 Å². The highest BCUT2D eigenvalue weighted by atomic mass is 35.5. The molecule has 0 aliphatic heterocycles. The molecule has 0 aliphatic rings. The van der Waals surface area contributed by atoms with Crippen LogP contribution >= 0.6 is 23.4 Å². The zero-order valence-electron chi connectivity index (χ0n) is 12.1. The van der Waals surface area contributed by atoms with Crippen LogP contribution in [0.1, 0.15) is 5.56 Å². The second kappa shape index (κ2) is 7.42. The number of halogens is 1. The topological polar surface area (TPSA) is 55.8 Å². The molecule has 0 fully saturated rings. The van der Waals surface area contributed by atoms with Crippen molar-refractivity contribution < 1.29 is 19.4 Å². The first-order valence-electron chi connectivity index (χ1n) is 6.43. The third-order valence-corrected chi connectivity index (χ3v) is 4.25. The molecule has 2 rings (SSSR count). The Balaban J connectivity index is 2.28. The number of hydrogen-bond donors (Lipinski definition) is 1. The fourth-order valence-electron chi connectivity index (χ4n) is 1.89. The number of rotatable bonds is 6. The van der Waals surface area contributed by atoms with E-state index in [2.05, 4.69) is 0 Å². The lowest BCUT2D eigenvalue weighted by molar-refractivity contribution is -0.136. The van der Waals surface area contributed by atoms with Crippen molar-refractivity contribution in [1.82, 2.24) is 0 Å². The van der Waals surface area contributed by atoms with E-state index in [-0.39, 0.29) is 6.42 Å². The Bertz CT molecular complexity index is 666. The van der Waals surface area contributed by atoms with Gasteiger partial charge in [0.1, 0.15) is 11.5 Å². The summed E-state index contributed by atoms with van der Waals surface area (Å²) < 4.78 is 10.5. The molecule has 22 heavy (non-hydrogen) atoms. The van der Waals surface area contributed by atoms with Crippen molar-refractivity contribution in [2.75, 3.05) is 14.2 Å². The number of carboxylic acids is 1. The average Bonchev–Trinajstić information content (AvgIpc) is 2.49. The Morgan fingerprint density at radius 1 is 1.09 bits per heavy atom. The number of benzene rings is 2. The molecule has 1 N–H and O–H groups in total. The van der Waals surface area contributed by atoms with Crippen LogP contribution in [0.25, 0.3) is 0 Å². The molecule has 0 unspecified atom stereocenters. The van der Waals surface area contributed by atoms with E-state index in [0.717, 1.165) is 9.79 Å². The maximum Gasteiger partial charge on any atom is 0.307 e. The molecule has 0 bridgehead atoms. The summed E-state index contributed by atoms with van der Waals surface area (Å²) in [6.45, 7) is 0. The van der Waals surface area contributed by atoms with E-state index < -0.39 is 5.97 Å². The first-order valence-corrected chi connectivity index (χ1v) is 7.62. The zero-order valence-corrected chi connectivity index (χ0v) is 13.7. The van der Waals surface area contributed by atoms with Crippen LogP contribution in [0.2, 0.25) is 5.02 Å². The lowest BCUT2D eigenvalue weighted by Gasteiger charge is -2.09. The van der Waals surface area contributed by atoms with Crippen LogP contribution in [0.4, 0.5) is 0 Å². The van der Waals surface area contributed by atoms with Gasteiger partial charge in [0.2, 0.25) is 0 Å². The molecular formula is C16H15ClO4S. The Kier molecular flexibility index (Phi) is 5.57. The Morgan fingerprint density at radius 3 is 2.27 bits per heavy atom. The van der Waals surface area contributed by atoms with Gasteiger partial charge in [0.05, 0.1) is 20.6 Å². The van der Waals surface area contributed by atoms with Crippen LogP contribution in [0.3, 0.4) is 0 Å². The van der Waals surface area contributed by atoms with Crippen LogP contribution in [0, 0.1) is 0 Å². The van der Waals surface area contributed by atoms with Gasteiger partial charge in [0.25, 0.3) is 0 Å². The second-order valence-corrected chi connectivity index (χ2v) is 6.03. The quantitative estimate of drug-likeness (QED) is 0.858. The Morgan fingerprint density at radius 2 is 1.73 bits per heavy atom. The van der Waals surface area contributed by atoms with Gasteiger partial charge in [0, 0.05) is 20.9 Å². The summed E-state index contributed by atoms with van der Waals surface area (Å²) in [5.41, 5.74) is 0.592. The molecule has 0 heterocycles. The predicted molar refractivity (Wildman–Crippen MR) is 86.5 cm³/mol. The van der Waals surface area contributed by atoms with Crippen molar-refractivity contribution in [3.8, 4) is 11.5 Å². The fraction of sp³-hybridized carbons (Fsp3) is 0.188. The van der Waals surface area contributed by atoms with Gasteiger partial charge in [-0.1, -0.05) is 23.4 Å². The zero-order chi connectivity index (χ0) is 16.1. The van der Waals surface area contributed by atoms with Crippen LogP contribution in [0.15, 0.2) is 46.2 Å². The minimum Gasteiger partial charge on any atom is -0.497 e. The predicted octanol–water partition coefficient (Wildman–Crippen LogP) is 4.14. The molecule has 0 aromatic heterocycles. The third-order valence-electron chi connectivity index (χ3n) is 2.92. The number of ether oxygens (including phenoxy) is 2. The number of carboxylic acid groups (broad SMARTS) is 1. The van der Waals surface area contributed by atoms with Crippen molar-refractivity contribution in [3.63, 3.8) is 0 Å². The van der Waals surface area contributed by atoms with E-state index in [4.69, 9.17) is 26.2 Å². The molecule has 6 heteroatoms. The van der Waals surface area contributed by atoms with E-state index in [1.807, 2.05) is 18.2 Å². The number of hydrogen-bond acceptors (Lipinski definition) is 4. The molecule has 0 aliphatic carbocycles. The van der Waals surface area contributed by atoms with Gasteiger partial charge in [0.15, 0.2) is 0 Å². The molecule has 0 saturated heterocycles.